The number of nitrogens with one attached hydrogen (secondary N) is 1. The number of likely N-dealkylation sites (N-methyl/N-ethyl adjacent to an activating group) is 1. The highest BCUT2D eigenvalue weighted by atomic mass is 32.2. The molecule has 9 heteroatoms. The quantitative estimate of drug-likeness (QED) is 0.749. The third-order valence-electron chi connectivity index (χ3n) is 4.71. The number of carbonyl (C=O) groups is 1. The summed E-state index contributed by atoms with van der Waals surface area (Å²) in [6.45, 7) is 2.48. The van der Waals surface area contributed by atoms with E-state index in [1.807, 2.05) is 16.8 Å². The van der Waals surface area contributed by atoms with E-state index in [9.17, 15) is 17.6 Å². The molecule has 146 valence electrons. The van der Waals surface area contributed by atoms with E-state index >= 15 is 0 Å². The molecule has 0 atom stereocenters. The molecule has 0 spiro atoms. The first kappa shape index (κ1) is 19.9. The molecule has 27 heavy (non-hydrogen) atoms. The molecule has 2 heterocycles. The molecule has 0 saturated carbocycles. The van der Waals surface area contributed by atoms with E-state index < -0.39 is 15.8 Å². The Bertz CT molecular complexity index is 879. The molecule has 1 N–H and O–H groups in total. The van der Waals surface area contributed by atoms with Crippen LogP contribution in [-0.2, 0) is 21.4 Å². The number of rotatable bonds is 6. The predicted octanol–water partition coefficient (Wildman–Crippen LogP) is 0.435. The molecule has 1 fully saturated rings. The van der Waals surface area contributed by atoms with Gasteiger partial charge in [0.1, 0.15) is 10.7 Å². The number of piperazine rings is 1. The van der Waals surface area contributed by atoms with Crippen LogP contribution in [0, 0.1) is 5.82 Å². The van der Waals surface area contributed by atoms with Crippen molar-refractivity contribution >= 4 is 27.3 Å². The van der Waals surface area contributed by atoms with Crippen LogP contribution in [0.3, 0.4) is 0 Å². The maximum Gasteiger partial charge on any atom is 0.277 e. The third kappa shape index (κ3) is 4.73. The third-order valence-corrected chi connectivity index (χ3v) is 7.37. The van der Waals surface area contributed by atoms with Crippen molar-refractivity contribution < 1.29 is 22.5 Å². The number of benzene rings is 1. The van der Waals surface area contributed by atoms with Gasteiger partial charge in [-0.3, -0.25) is 4.79 Å². The van der Waals surface area contributed by atoms with Crippen LogP contribution in [0.25, 0.3) is 0 Å². The molecule has 2 aromatic rings. The van der Waals surface area contributed by atoms with Gasteiger partial charge in [-0.15, -0.1) is 0 Å². The fraction of sp³-hybridized carbons (Fsp3) is 0.389. The maximum absolute atomic E-state index is 13.9. The van der Waals surface area contributed by atoms with E-state index in [1.165, 1.54) is 22.5 Å². The summed E-state index contributed by atoms with van der Waals surface area (Å²) in [5, 5.41) is 4.00. The minimum atomic E-state index is -3.84. The lowest BCUT2D eigenvalue weighted by Crippen LogP contribution is -3.15. The summed E-state index contributed by atoms with van der Waals surface area (Å²) in [5.74, 6) is -0.709. The summed E-state index contributed by atoms with van der Waals surface area (Å²) in [5.41, 5.74) is 1.10. The Kier molecular flexibility index (Phi) is 6.25. The van der Waals surface area contributed by atoms with Gasteiger partial charge >= 0.3 is 0 Å². The van der Waals surface area contributed by atoms with E-state index in [1.54, 1.807) is 23.3 Å². The minimum absolute atomic E-state index is 0.0293. The van der Waals surface area contributed by atoms with Crippen LogP contribution >= 0.6 is 11.3 Å². The van der Waals surface area contributed by atoms with Gasteiger partial charge in [-0.05, 0) is 34.5 Å². The number of sulfonamides is 1. The summed E-state index contributed by atoms with van der Waals surface area (Å²) in [6, 6.07) is 7.41. The van der Waals surface area contributed by atoms with E-state index in [0.29, 0.717) is 26.2 Å². The fourth-order valence-electron chi connectivity index (χ4n) is 3.11. The number of halogens is 1. The molecule has 1 aromatic heterocycles. The van der Waals surface area contributed by atoms with E-state index in [2.05, 4.69) is 0 Å². The minimum Gasteiger partial charge on any atom is -0.337 e. The maximum atomic E-state index is 13.9. The lowest BCUT2D eigenvalue weighted by molar-refractivity contribution is -0.896. The lowest BCUT2D eigenvalue weighted by Gasteiger charge is -2.32. The molecule has 0 unspecified atom stereocenters. The summed E-state index contributed by atoms with van der Waals surface area (Å²) in [7, 11) is -2.07. The lowest BCUT2D eigenvalue weighted by atomic mass is 10.3. The van der Waals surface area contributed by atoms with Gasteiger partial charge in [0, 0.05) is 13.6 Å². The van der Waals surface area contributed by atoms with Crippen molar-refractivity contribution in [3.63, 3.8) is 0 Å². The number of hydrogen-bond donors (Lipinski definition) is 1. The van der Waals surface area contributed by atoms with Crippen LogP contribution in [0.5, 0.6) is 0 Å². The van der Waals surface area contributed by atoms with Crippen LogP contribution in [0.1, 0.15) is 5.56 Å². The first-order valence-corrected chi connectivity index (χ1v) is 11.1. The Hall–Kier alpha value is -1.81. The van der Waals surface area contributed by atoms with Crippen LogP contribution in [0.2, 0.25) is 0 Å². The second kappa shape index (κ2) is 8.47. The Morgan fingerprint density at radius 3 is 2.59 bits per heavy atom. The van der Waals surface area contributed by atoms with Gasteiger partial charge < -0.3 is 9.80 Å². The molecular weight excluding hydrogens is 389 g/mol. The normalized spacial score (nSPS) is 16.4. The van der Waals surface area contributed by atoms with Crippen LogP contribution < -0.4 is 4.90 Å². The fourth-order valence-corrected chi connectivity index (χ4v) is 5.27. The number of quaternary nitrogens is 1. The summed E-state index contributed by atoms with van der Waals surface area (Å²) < 4.78 is 40.4. The summed E-state index contributed by atoms with van der Waals surface area (Å²) >= 11 is 1.60. The van der Waals surface area contributed by atoms with Gasteiger partial charge in [-0.2, -0.15) is 15.6 Å². The van der Waals surface area contributed by atoms with Crippen LogP contribution in [-0.4, -0.2) is 63.3 Å². The van der Waals surface area contributed by atoms with Gasteiger partial charge in [0.05, 0.1) is 26.2 Å². The predicted molar refractivity (Wildman–Crippen MR) is 102 cm³/mol. The van der Waals surface area contributed by atoms with Gasteiger partial charge in [0.15, 0.2) is 6.54 Å². The number of nitrogens with zero attached hydrogens (tertiary/aromatic N) is 2. The number of thiophene rings is 1. The Morgan fingerprint density at radius 2 is 1.96 bits per heavy atom. The van der Waals surface area contributed by atoms with E-state index in [4.69, 9.17) is 0 Å². The van der Waals surface area contributed by atoms with Crippen molar-refractivity contribution in [1.29, 1.82) is 0 Å². The highest BCUT2D eigenvalue weighted by Gasteiger charge is 2.33. The monoisotopic (exact) mass is 412 g/mol. The van der Waals surface area contributed by atoms with Gasteiger partial charge in [-0.1, -0.05) is 12.1 Å². The van der Waals surface area contributed by atoms with Crippen molar-refractivity contribution in [2.45, 2.75) is 11.4 Å². The summed E-state index contributed by atoms with van der Waals surface area (Å²) in [6.07, 6.45) is 0. The molecule has 1 aliphatic rings. The topological polar surface area (TPSA) is 62.1 Å². The number of carbonyl (C=O) groups excluding carboxylic acids is 1. The first-order valence-electron chi connectivity index (χ1n) is 8.71. The zero-order valence-corrected chi connectivity index (χ0v) is 16.7. The van der Waals surface area contributed by atoms with Gasteiger partial charge in [0.2, 0.25) is 10.0 Å². The Balaban J connectivity index is 1.54. The van der Waals surface area contributed by atoms with Crippen molar-refractivity contribution in [1.82, 2.24) is 9.21 Å². The largest absolute Gasteiger partial charge is 0.337 e. The molecule has 1 amide bonds. The van der Waals surface area contributed by atoms with E-state index in [0.717, 1.165) is 16.5 Å². The van der Waals surface area contributed by atoms with Crippen molar-refractivity contribution in [3.05, 3.63) is 52.5 Å². The van der Waals surface area contributed by atoms with E-state index in [-0.39, 0.29) is 23.9 Å². The average Bonchev–Trinajstić information content (AvgIpc) is 3.15. The van der Waals surface area contributed by atoms with Crippen molar-refractivity contribution in [2.75, 3.05) is 39.8 Å². The molecule has 1 aromatic carbocycles. The Labute approximate surface area is 162 Å². The second-order valence-corrected chi connectivity index (χ2v) is 9.33. The van der Waals surface area contributed by atoms with Crippen molar-refractivity contribution in [3.8, 4) is 0 Å². The smallest absolute Gasteiger partial charge is 0.277 e. The second-order valence-electron chi connectivity index (χ2n) is 6.64. The molecular formula is C18H23FN3O3S2+. The molecule has 1 saturated heterocycles. The van der Waals surface area contributed by atoms with Crippen molar-refractivity contribution in [2.24, 2.45) is 0 Å². The Morgan fingerprint density at radius 1 is 1.26 bits per heavy atom. The molecule has 0 aliphatic carbocycles. The standard InChI is InChI=1S/C18H22FN3O3S2/c1-20(12-15-6-11-26-14-15)18(23)13-21-7-9-22(10-8-21)27(24,25)17-5-3-2-4-16(17)19/h2-6,11,14H,7-10,12-13H2,1H3/p+1. The zero-order valence-electron chi connectivity index (χ0n) is 15.1. The molecule has 3 rings (SSSR count). The first-order chi connectivity index (χ1) is 12.9. The number of hydrogen-bond acceptors (Lipinski definition) is 4. The SMILES string of the molecule is CN(Cc1ccsc1)C(=O)C[NH+]1CCN(S(=O)(=O)c2ccccc2F)CC1. The molecule has 1 aliphatic heterocycles. The zero-order chi connectivity index (χ0) is 19.4. The number of amides is 1. The summed E-state index contributed by atoms with van der Waals surface area (Å²) in [4.78, 5) is 14.8. The molecule has 6 nitrogen and oxygen atoms in total. The highest BCUT2D eigenvalue weighted by molar-refractivity contribution is 7.89. The van der Waals surface area contributed by atoms with Gasteiger partial charge in [0.25, 0.3) is 5.91 Å². The van der Waals surface area contributed by atoms with Crippen LogP contribution in [0.4, 0.5) is 4.39 Å². The van der Waals surface area contributed by atoms with Crippen LogP contribution in [0.15, 0.2) is 46.0 Å². The highest BCUT2D eigenvalue weighted by Crippen LogP contribution is 2.18. The molecule has 0 radical (unpaired) electrons. The average molecular weight is 413 g/mol. The molecule has 0 bridgehead atoms. The van der Waals surface area contributed by atoms with Gasteiger partial charge in [-0.25, -0.2) is 12.8 Å².